The number of carboxylic acid groups (broad SMARTS) is 1. The zero-order chi connectivity index (χ0) is 18.5. The van der Waals surface area contributed by atoms with Crippen molar-refractivity contribution in [2.45, 2.75) is 6.92 Å². The molecule has 0 amide bonds. The van der Waals surface area contributed by atoms with Gasteiger partial charge in [0.2, 0.25) is 5.95 Å². The fraction of sp³-hybridized carbons (Fsp3) is 0.111. The maximum atomic E-state index is 10.8. The molecule has 3 N–H and O–H groups in total. The summed E-state index contributed by atoms with van der Waals surface area (Å²) < 4.78 is 0. The van der Waals surface area contributed by atoms with Crippen molar-refractivity contribution in [3.05, 3.63) is 59.4 Å². The molecule has 7 nitrogen and oxygen atoms in total. The van der Waals surface area contributed by atoms with Gasteiger partial charge in [0, 0.05) is 24.0 Å². The summed E-state index contributed by atoms with van der Waals surface area (Å²) in [6.07, 6.45) is 3.34. The maximum absolute atomic E-state index is 10.8. The second-order valence-corrected chi connectivity index (χ2v) is 5.91. The van der Waals surface area contributed by atoms with Crippen LogP contribution in [-0.4, -0.2) is 32.6 Å². The van der Waals surface area contributed by atoms with Crippen LogP contribution in [-0.2, 0) is 4.79 Å². The van der Waals surface area contributed by atoms with Crippen molar-refractivity contribution in [3.63, 3.8) is 0 Å². The highest BCUT2D eigenvalue weighted by Gasteiger charge is 2.11. The lowest BCUT2D eigenvalue weighted by atomic mass is 10.2. The van der Waals surface area contributed by atoms with Gasteiger partial charge in [-0.2, -0.15) is 4.98 Å². The number of nitrogens with zero attached hydrogens (tertiary/aromatic N) is 3. The number of benzene rings is 1. The maximum Gasteiger partial charge on any atom is 0.322 e. The number of carboxylic acids is 1. The van der Waals surface area contributed by atoms with Crippen LogP contribution in [0.5, 0.6) is 0 Å². The molecule has 0 bridgehead atoms. The summed E-state index contributed by atoms with van der Waals surface area (Å²) in [6, 6.07) is 11.0. The smallest absolute Gasteiger partial charge is 0.322 e. The fourth-order valence-electron chi connectivity index (χ4n) is 2.33. The summed E-state index contributed by atoms with van der Waals surface area (Å²) in [4.78, 5) is 23.6. The van der Waals surface area contributed by atoms with E-state index in [1.165, 1.54) is 0 Å². The van der Waals surface area contributed by atoms with E-state index >= 15 is 0 Å². The Hall–Kier alpha value is -3.19. The first kappa shape index (κ1) is 17.6. The van der Waals surface area contributed by atoms with Gasteiger partial charge in [-0.15, -0.1) is 0 Å². The van der Waals surface area contributed by atoms with Crippen LogP contribution in [0.15, 0.2) is 48.8 Å². The van der Waals surface area contributed by atoms with Gasteiger partial charge in [0.15, 0.2) is 0 Å². The van der Waals surface area contributed by atoms with Crippen LogP contribution < -0.4 is 10.6 Å². The minimum absolute atomic E-state index is 0.195. The van der Waals surface area contributed by atoms with E-state index in [4.69, 9.17) is 16.7 Å². The first-order chi connectivity index (χ1) is 12.5. The number of halogens is 1. The molecule has 0 atom stereocenters. The molecule has 0 unspecified atom stereocenters. The van der Waals surface area contributed by atoms with Gasteiger partial charge in [-0.05, 0) is 30.7 Å². The molecule has 3 rings (SSSR count). The molecule has 0 aliphatic heterocycles. The van der Waals surface area contributed by atoms with E-state index < -0.39 is 5.97 Å². The second kappa shape index (κ2) is 7.79. The zero-order valence-electron chi connectivity index (χ0n) is 13.9. The van der Waals surface area contributed by atoms with Crippen LogP contribution in [0.1, 0.15) is 5.56 Å². The van der Waals surface area contributed by atoms with Gasteiger partial charge in [-0.1, -0.05) is 23.7 Å². The number of nitrogens with one attached hydrogen (secondary N) is 2. The molecule has 2 aromatic heterocycles. The Balaban J connectivity index is 2.00. The third-order valence-corrected chi connectivity index (χ3v) is 3.87. The molecule has 0 spiro atoms. The lowest BCUT2D eigenvalue weighted by Crippen LogP contribution is -2.15. The van der Waals surface area contributed by atoms with Gasteiger partial charge < -0.3 is 15.7 Å². The Bertz CT molecular complexity index is 914. The molecule has 0 saturated heterocycles. The van der Waals surface area contributed by atoms with Gasteiger partial charge in [0.1, 0.15) is 12.4 Å². The molecule has 0 radical (unpaired) electrons. The van der Waals surface area contributed by atoms with Crippen LogP contribution in [0.3, 0.4) is 0 Å². The molecule has 0 fully saturated rings. The van der Waals surface area contributed by atoms with Crippen LogP contribution in [0, 0.1) is 6.92 Å². The number of carbonyl (C=O) groups is 1. The highest BCUT2D eigenvalue weighted by molar-refractivity contribution is 6.33. The van der Waals surface area contributed by atoms with Crippen molar-refractivity contribution in [1.82, 2.24) is 15.0 Å². The van der Waals surface area contributed by atoms with Gasteiger partial charge in [-0.3, -0.25) is 9.78 Å². The molecule has 0 aliphatic rings. The Morgan fingerprint density at radius 3 is 2.77 bits per heavy atom. The van der Waals surface area contributed by atoms with Gasteiger partial charge in [0.05, 0.1) is 16.4 Å². The van der Waals surface area contributed by atoms with Crippen LogP contribution >= 0.6 is 11.6 Å². The minimum atomic E-state index is -1.00. The van der Waals surface area contributed by atoms with Crippen LogP contribution in [0.25, 0.3) is 11.3 Å². The molecular weight excluding hydrogens is 354 g/mol. The number of aromatic nitrogens is 3. The summed E-state index contributed by atoms with van der Waals surface area (Å²) in [7, 11) is 0. The first-order valence-corrected chi connectivity index (χ1v) is 8.18. The van der Waals surface area contributed by atoms with Crippen molar-refractivity contribution in [3.8, 4) is 11.3 Å². The van der Waals surface area contributed by atoms with E-state index in [1.807, 2.05) is 25.1 Å². The molecule has 132 valence electrons. The fourth-order valence-corrected chi connectivity index (χ4v) is 2.59. The standard InChI is InChI=1S/C18H16ClN5O2/c1-11-4-2-6-13(19)17(11)23-15-8-14(12-5-3-7-20-9-12)22-18(24-15)21-10-16(25)26/h2-9H,10H2,1H3,(H,25,26)(H2,21,22,23,24). The number of para-hydroxylation sites is 1. The Labute approximate surface area is 155 Å². The SMILES string of the molecule is Cc1cccc(Cl)c1Nc1cc(-c2cccnc2)nc(NCC(=O)O)n1. The van der Waals surface area contributed by atoms with E-state index in [9.17, 15) is 4.79 Å². The Kier molecular flexibility index (Phi) is 5.28. The summed E-state index contributed by atoms with van der Waals surface area (Å²) in [5.41, 5.74) is 3.08. The summed E-state index contributed by atoms with van der Waals surface area (Å²) >= 11 is 6.27. The van der Waals surface area contributed by atoms with E-state index in [0.29, 0.717) is 16.5 Å². The van der Waals surface area contributed by atoms with Crippen LogP contribution in [0.2, 0.25) is 5.02 Å². The predicted molar refractivity (Wildman–Crippen MR) is 101 cm³/mol. The normalized spacial score (nSPS) is 10.4. The van der Waals surface area contributed by atoms with Gasteiger partial charge in [-0.25, -0.2) is 4.98 Å². The van der Waals surface area contributed by atoms with E-state index in [0.717, 1.165) is 16.8 Å². The zero-order valence-corrected chi connectivity index (χ0v) is 14.7. The molecule has 3 aromatic rings. The van der Waals surface area contributed by atoms with Crippen molar-refractivity contribution < 1.29 is 9.90 Å². The Morgan fingerprint density at radius 2 is 2.08 bits per heavy atom. The van der Waals surface area contributed by atoms with E-state index in [2.05, 4.69) is 25.6 Å². The van der Waals surface area contributed by atoms with Crippen molar-refractivity contribution >= 4 is 35.0 Å². The Morgan fingerprint density at radius 1 is 1.23 bits per heavy atom. The lowest BCUT2D eigenvalue weighted by molar-refractivity contribution is -0.134. The quantitative estimate of drug-likeness (QED) is 0.608. The molecule has 2 heterocycles. The minimum Gasteiger partial charge on any atom is -0.480 e. The second-order valence-electron chi connectivity index (χ2n) is 5.51. The average Bonchev–Trinajstić information content (AvgIpc) is 2.64. The molecule has 1 aromatic carbocycles. The highest BCUT2D eigenvalue weighted by Crippen LogP contribution is 2.29. The topological polar surface area (TPSA) is 100 Å². The average molecular weight is 370 g/mol. The highest BCUT2D eigenvalue weighted by atomic mass is 35.5. The summed E-state index contributed by atoms with van der Waals surface area (Å²) in [5.74, 6) is -0.319. The number of hydrogen-bond donors (Lipinski definition) is 3. The monoisotopic (exact) mass is 369 g/mol. The number of anilines is 3. The lowest BCUT2D eigenvalue weighted by Gasteiger charge is -2.13. The molecule has 8 heteroatoms. The number of rotatable bonds is 6. The van der Waals surface area contributed by atoms with E-state index in [1.54, 1.807) is 30.6 Å². The third-order valence-electron chi connectivity index (χ3n) is 3.56. The molecule has 0 aliphatic carbocycles. The van der Waals surface area contributed by atoms with Gasteiger partial charge >= 0.3 is 5.97 Å². The first-order valence-electron chi connectivity index (χ1n) is 7.80. The molecular formula is C18H16ClN5O2. The molecule has 0 saturated carbocycles. The number of aryl methyl sites for hydroxylation is 1. The number of hydrogen-bond acceptors (Lipinski definition) is 6. The van der Waals surface area contributed by atoms with Crippen molar-refractivity contribution in [2.75, 3.05) is 17.2 Å². The van der Waals surface area contributed by atoms with E-state index in [-0.39, 0.29) is 12.5 Å². The van der Waals surface area contributed by atoms with Crippen molar-refractivity contribution in [1.29, 1.82) is 0 Å². The van der Waals surface area contributed by atoms with Crippen LogP contribution in [0.4, 0.5) is 17.5 Å². The third kappa shape index (κ3) is 4.25. The van der Waals surface area contributed by atoms with Gasteiger partial charge in [0.25, 0.3) is 0 Å². The molecule has 26 heavy (non-hydrogen) atoms. The number of aliphatic carboxylic acids is 1. The summed E-state index contributed by atoms with van der Waals surface area (Å²) in [5, 5.41) is 15.3. The number of pyridine rings is 1. The largest absolute Gasteiger partial charge is 0.480 e. The predicted octanol–water partition coefficient (Wildman–Crippen LogP) is 3.74. The summed E-state index contributed by atoms with van der Waals surface area (Å²) in [6.45, 7) is 1.64. The van der Waals surface area contributed by atoms with Crippen molar-refractivity contribution in [2.24, 2.45) is 0 Å².